The van der Waals surface area contributed by atoms with E-state index >= 15 is 0 Å². The minimum atomic E-state index is 0.383. The van der Waals surface area contributed by atoms with Gasteiger partial charge in [0.2, 0.25) is 0 Å². The summed E-state index contributed by atoms with van der Waals surface area (Å²) in [5.41, 5.74) is 4.08. The molecule has 4 nitrogen and oxygen atoms in total. The van der Waals surface area contributed by atoms with Crippen LogP contribution in [-0.4, -0.2) is 35.9 Å². The highest BCUT2D eigenvalue weighted by molar-refractivity contribution is 6.31. The molecule has 24 heavy (non-hydrogen) atoms. The Balaban J connectivity index is 1.88. The molecule has 2 aliphatic heterocycles. The highest BCUT2D eigenvalue weighted by Gasteiger charge is 2.28. The van der Waals surface area contributed by atoms with Crippen LogP contribution < -0.4 is 10.6 Å². The second-order valence-electron chi connectivity index (χ2n) is 6.58. The van der Waals surface area contributed by atoms with Gasteiger partial charge in [0.05, 0.1) is 11.4 Å². The summed E-state index contributed by atoms with van der Waals surface area (Å²) in [5, 5.41) is 7.75. The zero-order chi connectivity index (χ0) is 16.7. The third kappa shape index (κ3) is 2.76. The van der Waals surface area contributed by atoms with E-state index in [2.05, 4.69) is 47.6 Å². The third-order valence-electron chi connectivity index (χ3n) is 4.66. The fourth-order valence-electron chi connectivity index (χ4n) is 3.35. The van der Waals surface area contributed by atoms with Crippen LogP contribution in [0.4, 0.5) is 17.1 Å². The Morgan fingerprint density at radius 1 is 1.12 bits per heavy atom. The molecule has 2 heterocycles. The summed E-state index contributed by atoms with van der Waals surface area (Å²) < 4.78 is 0. The van der Waals surface area contributed by atoms with E-state index in [1.807, 2.05) is 24.3 Å². The van der Waals surface area contributed by atoms with Crippen LogP contribution in [0.5, 0.6) is 0 Å². The first-order valence-electron chi connectivity index (χ1n) is 8.36. The summed E-state index contributed by atoms with van der Waals surface area (Å²) in [6.07, 6.45) is 0. The number of benzene rings is 2. The number of piperazine rings is 1. The van der Waals surface area contributed by atoms with E-state index < -0.39 is 0 Å². The van der Waals surface area contributed by atoms with Crippen molar-refractivity contribution in [3.05, 3.63) is 53.1 Å². The molecule has 2 aliphatic rings. The lowest BCUT2D eigenvalue weighted by molar-refractivity contribution is 0.235. The Kier molecular flexibility index (Phi) is 3.94. The SMILES string of the molecule is C[C@@H]1CN(C2=Nc3cc(Cl)ccc3Nc3ccccc32)[C@@H](C)CN1. The molecular weight excluding hydrogens is 320 g/mol. The molecule has 2 aromatic carbocycles. The van der Waals surface area contributed by atoms with Gasteiger partial charge in [0.25, 0.3) is 0 Å². The van der Waals surface area contributed by atoms with Gasteiger partial charge in [-0.3, -0.25) is 0 Å². The number of amidine groups is 1. The van der Waals surface area contributed by atoms with Gasteiger partial charge in [-0.25, -0.2) is 4.99 Å². The summed E-state index contributed by atoms with van der Waals surface area (Å²) in [5.74, 6) is 1.01. The smallest absolute Gasteiger partial charge is 0.139 e. The van der Waals surface area contributed by atoms with Gasteiger partial charge in [0.1, 0.15) is 5.84 Å². The minimum Gasteiger partial charge on any atom is -0.353 e. The molecule has 0 amide bonds. The molecular formula is C19H21ClN4. The molecule has 1 fully saturated rings. The molecule has 0 saturated carbocycles. The van der Waals surface area contributed by atoms with Crippen LogP contribution in [0.2, 0.25) is 5.02 Å². The van der Waals surface area contributed by atoms with Gasteiger partial charge >= 0.3 is 0 Å². The van der Waals surface area contributed by atoms with E-state index in [0.717, 1.165) is 41.6 Å². The molecule has 124 valence electrons. The summed E-state index contributed by atoms with van der Waals surface area (Å²) >= 11 is 6.21. The van der Waals surface area contributed by atoms with Crippen molar-refractivity contribution in [3.8, 4) is 0 Å². The molecule has 0 radical (unpaired) electrons. The summed E-state index contributed by atoms with van der Waals surface area (Å²) in [6.45, 7) is 6.34. The number of aliphatic imine (C=N–C) groups is 1. The van der Waals surface area contributed by atoms with Crippen LogP contribution in [0, 0.1) is 0 Å². The molecule has 2 atom stereocenters. The number of halogens is 1. The minimum absolute atomic E-state index is 0.383. The number of hydrogen-bond acceptors (Lipinski definition) is 4. The lowest BCUT2D eigenvalue weighted by Crippen LogP contribution is -2.56. The monoisotopic (exact) mass is 340 g/mol. The van der Waals surface area contributed by atoms with Crippen molar-refractivity contribution in [3.63, 3.8) is 0 Å². The topological polar surface area (TPSA) is 39.7 Å². The summed E-state index contributed by atoms with van der Waals surface area (Å²) in [6, 6.07) is 15.0. The van der Waals surface area contributed by atoms with Gasteiger partial charge < -0.3 is 15.5 Å². The Hall–Kier alpha value is -2.04. The van der Waals surface area contributed by atoms with Crippen molar-refractivity contribution in [2.45, 2.75) is 25.9 Å². The van der Waals surface area contributed by atoms with E-state index in [0.29, 0.717) is 17.1 Å². The number of rotatable bonds is 0. The van der Waals surface area contributed by atoms with Crippen LogP contribution in [-0.2, 0) is 0 Å². The molecule has 0 spiro atoms. The number of para-hydroxylation sites is 1. The predicted molar refractivity (Wildman–Crippen MR) is 101 cm³/mol. The zero-order valence-electron chi connectivity index (χ0n) is 13.9. The second-order valence-corrected chi connectivity index (χ2v) is 7.01. The number of nitrogens with one attached hydrogen (secondary N) is 2. The normalized spacial score (nSPS) is 22.8. The van der Waals surface area contributed by atoms with Crippen LogP contribution in [0.25, 0.3) is 0 Å². The van der Waals surface area contributed by atoms with Crippen LogP contribution >= 0.6 is 11.6 Å². The van der Waals surface area contributed by atoms with Gasteiger partial charge in [-0.15, -0.1) is 0 Å². The average molecular weight is 341 g/mol. The molecule has 2 N–H and O–H groups in total. The van der Waals surface area contributed by atoms with Gasteiger partial charge in [-0.1, -0.05) is 23.7 Å². The number of anilines is 2. The van der Waals surface area contributed by atoms with Crippen LogP contribution in [0.1, 0.15) is 19.4 Å². The molecule has 2 aromatic rings. The van der Waals surface area contributed by atoms with Crippen molar-refractivity contribution >= 4 is 34.5 Å². The second kappa shape index (κ2) is 6.11. The standard InChI is InChI=1S/C19H21ClN4/c1-12-11-24(13(2)10-21-12)19-15-5-3-4-6-16(15)22-17-8-7-14(20)9-18(17)23-19/h3-9,12-13,21-22H,10-11H2,1-2H3/t12-,13+/m1/s1. The maximum absolute atomic E-state index is 6.21. The fraction of sp³-hybridized carbons (Fsp3) is 0.316. The Bertz CT molecular complexity index is 802. The van der Waals surface area contributed by atoms with E-state index in [4.69, 9.17) is 16.6 Å². The maximum atomic E-state index is 6.21. The largest absolute Gasteiger partial charge is 0.353 e. The lowest BCUT2D eigenvalue weighted by Gasteiger charge is -2.39. The Morgan fingerprint density at radius 3 is 2.83 bits per heavy atom. The number of nitrogens with zero attached hydrogens (tertiary/aromatic N) is 2. The fourth-order valence-corrected chi connectivity index (χ4v) is 3.51. The average Bonchev–Trinajstić information content (AvgIpc) is 2.73. The molecule has 0 unspecified atom stereocenters. The van der Waals surface area contributed by atoms with Crippen molar-refractivity contribution in [2.24, 2.45) is 4.99 Å². The van der Waals surface area contributed by atoms with Crippen molar-refractivity contribution in [1.82, 2.24) is 10.2 Å². The molecule has 0 aromatic heterocycles. The van der Waals surface area contributed by atoms with Gasteiger partial charge in [0.15, 0.2) is 0 Å². The quantitative estimate of drug-likeness (QED) is 0.756. The molecule has 0 bridgehead atoms. The van der Waals surface area contributed by atoms with E-state index in [1.165, 1.54) is 0 Å². The van der Waals surface area contributed by atoms with Crippen LogP contribution in [0.15, 0.2) is 47.5 Å². The third-order valence-corrected chi connectivity index (χ3v) is 4.89. The lowest BCUT2D eigenvalue weighted by atomic mass is 10.1. The zero-order valence-corrected chi connectivity index (χ0v) is 14.6. The van der Waals surface area contributed by atoms with E-state index in [-0.39, 0.29) is 0 Å². The Labute approximate surface area is 147 Å². The van der Waals surface area contributed by atoms with Crippen molar-refractivity contribution in [2.75, 3.05) is 18.4 Å². The highest BCUT2D eigenvalue weighted by atomic mass is 35.5. The molecule has 4 rings (SSSR count). The van der Waals surface area contributed by atoms with Gasteiger partial charge in [0, 0.05) is 41.4 Å². The predicted octanol–water partition coefficient (Wildman–Crippen LogP) is 4.16. The molecule has 0 aliphatic carbocycles. The highest BCUT2D eigenvalue weighted by Crippen LogP contribution is 2.36. The van der Waals surface area contributed by atoms with Crippen molar-refractivity contribution in [1.29, 1.82) is 0 Å². The first-order valence-corrected chi connectivity index (χ1v) is 8.74. The summed E-state index contributed by atoms with van der Waals surface area (Å²) in [7, 11) is 0. The number of hydrogen-bond donors (Lipinski definition) is 2. The molecule has 1 saturated heterocycles. The van der Waals surface area contributed by atoms with Gasteiger partial charge in [-0.05, 0) is 44.2 Å². The van der Waals surface area contributed by atoms with Gasteiger partial charge in [-0.2, -0.15) is 0 Å². The van der Waals surface area contributed by atoms with Crippen LogP contribution in [0.3, 0.4) is 0 Å². The number of fused-ring (bicyclic) bond motifs is 2. The first-order chi connectivity index (χ1) is 11.6. The first kappa shape index (κ1) is 15.5. The van der Waals surface area contributed by atoms with Crippen molar-refractivity contribution < 1.29 is 0 Å². The maximum Gasteiger partial charge on any atom is 0.139 e. The van der Waals surface area contributed by atoms with E-state index in [9.17, 15) is 0 Å². The van der Waals surface area contributed by atoms with E-state index in [1.54, 1.807) is 0 Å². The summed E-state index contributed by atoms with van der Waals surface area (Å²) in [4.78, 5) is 7.42. The Morgan fingerprint density at radius 2 is 1.96 bits per heavy atom. The molecule has 5 heteroatoms.